The van der Waals surface area contributed by atoms with E-state index >= 15 is 0 Å². The Hall–Kier alpha value is -1.55. The van der Waals surface area contributed by atoms with Gasteiger partial charge in [0.2, 0.25) is 5.88 Å². The number of methoxy groups -OCH3 is 1. The molecule has 1 fully saturated rings. The molecule has 0 bridgehead atoms. The highest BCUT2D eigenvalue weighted by Gasteiger charge is 2.21. The second kappa shape index (κ2) is 5.87. The molecule has 1 aliphatic rings. The largest absolute Gasteiger partial charge is 0.481 e. The molecule has 2 rings (SSSR count). The Bertz CT molecular complexity index is 408. The van der Waals surface area contributed by atoms with Crippen molar-refractivity contribution in [1.82, 2.24) is 9.88 Å². The summed E-state index contributed by atoms with van der Waals surface area (Å²) in [5, 5.41) is 0. The topological polar surface area (TPSA) is 28.6 Å². The quantitative estimate of drug-likeness (QED) is 0.744. The van der Waals surface area contributed by atoms with Crippen molar-refractivity contribution in [3.63, 3.8) is 0 Å². The number of nitrogens with zero attached hydrogens (tertiary/aromatic N) is 3. The van der Waals surface area contributed by atoms with Crippen molar-refractivity contribution in [2.75, 3.05) is 38.3 Å². The predicted octanol–water partition coefficient (Wildman–Crippen LogP) is 1.99. The van der Waals surface area contributed by atoms with Crippen LogP contribution in [0, 0.1) is 5.92 Å². The lowest BCUT2D eigenvalue weighted by atomic mass is 10.2. The second-order valence-electron chi connectivity index (χ2n) is 4.75. The molecule has 1 atom stereocenters. The summed E-state index contributed by atoms with van der Waals surface area (Å²) < 4.78 is 5.16. The summed E-state index contributed by atoms with van der Waals surface area (Å²) in [5.74, 6) is 1.21. The van der Waals surface area contributed by atoms with Gasteiger partial charge in [0.25, 0.3) is 0 Å². The summed E-state index contributed by atoms with van der Waals surface area (Å²) in [4.78, 5) is 8.93. The highest BCUT2D eigenvalue weighted by atomic mass is 16.5. The van der Waals surface area contributed by atoms with E-state index in [1.54, 1.807) is 13.3 Å². The van der Waals surface area contributed by atoms with Gasteiger partial charge in [-0.05, 0) is 12.0 Å². The van der Waals surface area contributed by atoms with Crippen molar-refractivity contribution in [3.8, 4) is 5.88 Å². The highest BCUT2D eigenvalue weighted by molar-refractivity contribution is 5.48. The van der Waals surface area contributed by atoms with Gasteiger partial charge in [0.15, 0.2) is 0 Å². The van der Waals surface area contributed by atoms with E-state index in [4.69, 9.17) is 4.74 Å². The third-order valence-electron chi connectivity index (χ3n) is 3.30. The van der Waals surface area contributed by atoms with E-state index < -0.39 is 0 Å². The van der Waals surface area contributed by atoms with Crippen LogP contribution in [-0.4, -0.2) is 43.3 Å². The fourth-order valence-electron chi connectivity index (χ4n) is 2.19. The van der Waals surface area contributed by atoms with Crippen molar-refractivity contribution < 1.29 is 4.74 Å². The van der Waals surface area contributed by atoms with E-state index in [0.717, 1.165) is 26.3 Å². The SMILES string of the molecule is C=C[C@H](C)CN1CCN(c2ccnc(OC)c2)C1. The van der Waals surface area contributed by atoms with Crippen LogP contribution >= 0.6 is 0 Å². The van der Waals surface area contributed by atoms with Crippen LogP contribution < -0.4 is 9.64 Å². The fourth-order valence-corrected chi connectivity index (χ4v) is 2.19. The minimum atomic E-state index is 0.539. The van der Waals surface area contributed by atoms with Crippen molar-refractivity contribution in [2.24, 2.45) is 5.92 Å². The summed E-state index contributed by atoms with van der Waals surface area (Å²) in [7, 11) is 1.65. The lowest BCUT2D eigenvalue weighted by molar-refractivity contribution is 0.313. The zero-order chi connectivity index (χ0) is 13.0. The molecule has 2 heterocycles. The first-order valence-electron chi connectivity index (χ1n) is 6.33. The van der Waals surface area contributed by atoms with Crippen LogP contribution in [0.2, 0.25) is 0 Å². The second-order valence-corrected chi connectivity index (χ2v) is 4.75. The third kappa shape index (κ3) is 3.01. The zero-order valence-corrected chi connectivity index (χ0v) is 11.2. The van der Waals surface area contributed by atoms with Gasteiger partial charge in [-0.1, -0.05) is 13.0 Å². The van der Waals surface area contributed by atoms with Crippen LogP contribution in [-0.2, 0) is 0 Å². The minimum Gasteiger partial charge on any atom is -0.481 e. The maximum absolute atomic E-state index is 5.16. The van der Waals surface area contributed by atoms with Crippen molar-refractivity contribution in [1.29, 1.82) is 0 Å². The van der Waals surface area contributed by atoms with Gasteiger partial charge in [0, 0.05) is 37.6 Å². The van der Waals surface area contributed by atoms with Crippen LogP contribution in [0.4, 0.5) is 5.69 Å². The fraction of sp³-hybridized carbons (Fsp3) is 0.500. The summed E-state index contributed by atoms with van der Waals surface area (Å²) in [5.41, 5.74) is 1.18. The molecule has 0 unspecified atom stereocenters. The van der Waals surface area contributed by atoms with Gasteiger partial charge in [-0.3, -0.25) is 4.90 Å². The van der Waals surface area contributed by atoms with E-state index in [9.17, 15) is 0 Å². The molecular formula is C14H21N3O. The van der Waals surface area contributed by atoms with Crippen molar-refractivity contribution in [2.45, 2.75) is 6.92 Å². The number of anilines is 1. The first kappa shape index (κ1) is 12.9. The Kier molecular flexibility index (Phi) is 4.20. The number of aromatic nitrogens is 1. The molecule has 0 aromatic carbocycles. The molecule has 1 aromatic rings. The van der Waals surface area contributed by atoms with Crippen LogP contribution in [0.25, 0.3) is 0 Å². The molecule has 98 valence electrons. The predicted molar refractivity (Wildman–Crippen MR) is 73.9 cm³/mol. The first-order chi connectivity index (χ1) is 8.72. The summed E-state index contributed by atoms with van der Waals surface area (Å²) >= 11 is 0. The molecule has 0 spiro atoms. The minimum absolute atomic E-state index is 0.539. The van der Waals surface area contributed by atoms with Gasteiger partial charge >= 0.3 is 0 Å². The molecule has 0 N–H and O–H groups in total. The summed E-state index contributed by atoms with van der Waals surface area (Å²) in [6.45, 7) is 10.2. The molecule has 0 aliphatic carbocycles. The normalized spacial score (nSPS) is 17.8. The van der Waals surface area contributed by atoms with E-state index in [0.29, 0.717) is 11.8 Å². The van der Waals surface area contributed by atoms with Crippen molar-refractivity contribution >= 4 is 5.69 Å². The Morgan fingerprint density at radius 1 is 1.56 bits per heavy atom. The van der Waals surface area contributed by atoms with Gasteiger partial charge in [0.1, 0.15) is 0 Å². The summed E-state index contributed by atoms with van der Waals surface area (Å²) in [6, 6.07) is 4.02. The Morgan fingerprint density at radius 2 is 2.39 bits per heavy atom. The van der Waals surface area contributed by atoms with Crippen LogP contribution in [0.1, 0.15) is 6.92 Å². The average molecular weight is 247 g/mol. The van der Waals surface area contributed by atoms with Crippen LogP contribution in [0.5, 0.6) is 5.88 Å². The molecule has 0 radical (unpaired) electrons. The molecule has 4 heteroatoms. The van der Waals surface area contributed by atoms with E-state index in [2.05, 4.69) is 28.3 Å². The average Bonchev–Trinajstić information content (AvgIpc) is 2.87. The molecule has 0 saturated carbocycles. The summed E-state index contributed by atoms with van der Waals surface area (Å²) in [6.07, 6.45) is 3.81. The molecule has 1 aromatic heterocycles. The number of hydrogen-bond acceptors (Lipinski definition) is 4. The Labute approximate surface area is 109 Å². The molecule has 1 saturated heterocycles. The Morgan fingerprint density at radius 3 is 3.11 bits per heavy atom. The van der Waals surface area contributed by atoms with Gasteiger partial charge in [-0.15, -0.1) is 6.58 Å². The number of ether oxygens (including phenoxy) is 1. The van der Waals surface area contributed by atoms with E-state index in [-0.39, 0.29) is 0 Å². The molecule has 1 aliphatic heterocycles. The van der Waals surface area contributed by atoms with Crippen molar-refractivity contribution in [3.05, 3.63) is 31.0 Å². The number of pyridine rings is 1. The lowest BCUT2D eigenvalue weighted by Gasteiger charge is -2.21. The molecule has 18 heavy (non-hydrogen) atoms. The monoisotopic (exact) mass is 247 g/mol. The van der Waals surface area contributed by atoms with Gasteiger partial charge in [-0.2, -0.15) is 0 Å². The van der Waals surface area contributed by atoms with Crippen LogP contribution in [0.3, 0.4) is 0 Å². The van der Waals surface area contributed by atoms with Crippen LogP contribution in [0.15, 0.2) is 31.0 Å². The smallest absolute Gasteiger partial charge is 0.214 e. The first-order valence-corrected chi connectivity index (χ1v) is 6.33. The highest BCUT2D eigenvalue weighted by Crippen LogP contribution is 2.21. The molecule has 4 nitrogen and oxygen atoms in total. The molecular weight excluding hydrogens is 226 g/mol. The number of hydrogen-bond donors (Lipinski definition) is 0. The number of rotatable bonds is 5. The third-order valence-corrected chi connectivity index (χ3v) is 3.30. The maximum Gasteiger partial charge on any atom is 0.214 e. The lowest BCUT2D eigenvalue weighted by Crippen LogP contribution is -2.28. The maximum atomic E-state index is 5.16. The van der Waals surface area contributed by atoms with E-state index in [1.165, 1.54) is 5.69 Å². The van der Waals surface area contributed by atoms with Gasteiger partial charge in [-0.25, -0.2) is 4.98 Å². The molecule has 0 amide bonds. The van der Waals surface area contributed by atoms with Gasteiger partial charge < -0.3 is 9.64 Å². The van der Waals surface area contributed by atoms with Gasteiger partial charge in [0.05, 0.1) is 13.8 Å². The van der Waals surface area contributed by atoms with E-state index in [1.807, 2.05) is 18.2 Å². The standard InChI is InChI=1S/C14H21N3O/c1-4-12(2)10-16-7-8-17(11-16)13-5-6-15-14(9-13)18-3/h4-6,9,12H,1,7-8,10-11H2,2-3H3/t12-/m0/s1. The zero-order valence-electron chi connectivity index (χ0n) is 11.2. The Balaban J connectivity index is 1.97.